The number of aryl methyl sites for hydroxylation is 1. The van der Waals surface area contributed by atoms with Gasteiger partial charge in [0.2, 0.25) is 0 Å². The van der Waals surface area contributed by atoms with Crippen molar-refractivity contribution in [2.45, 2.75) is 52.0 Å². The summed E-state index contributed by atoms with van der Waals surface area (Å²) in [4.78, 5) is 20.6. The molecule has 1 saturated heterocycles. The molecule has 2 aliphatic rings. The van der Waals surface area contributed by atoms with Gasteiger partial charge in [0.15, 0.2) is 15.5 Å². The molecular weight excluding hydrogens is 450 g/mol. The molecule has 2 fully saturated rings. The van der Waals surface area contributed by atoms with Gasteiger partial charge >= 0.3 is 0 Å². The monoisotopic (exact) mass is 481 g/mol. The third kappa shape index (κ3) is 4.29. The van der Waals surface area contributed by atoms with Crippen LogP contribution in [0.1, 0.15) is 66.8 Å². The number of pyridine rings is 1. The summed E-state index contributed by atoms with van der Waals surface area (Å²) in [5.74, 6) is 0.378. The van der Waals surface area contributed by atoms with E-state index in [9.17, 15) is 13.2 Å². The molecule has 1 aliphatic heterocycles. The van der Waals surface area contributed by atoms with Crippen LogP contribution in [0.2, 0.25) is 0 Å². The van der Waals surface area contributed by atoms with E-state index in [2.05, 4.69) is 29.2 Å². The fraction of sp³-hybridized carbons (Fsp3) is 0.480. The van der Waals surface area contributed by atoms with Crippen LogP contribution in [0.4, 0.5) is 11.4 Å². The largest absolute Gasteiger partial charge is 0.372 e. The predicted molar refractivity (Wildman–Crippen MR) is 135 cm³/mol. The first-order valence-corrected chi connectivity index (χ1v) is 13.9. The number of amides is 1. The Hall–Kier alpha value is -2.94. The Morgan fingerprint density at radius 2 is 1.85 bits per heavy atom. The zero-order valence-electron chi connectivity index (χ0n) is 19.9. The molecule has 0 radical (unpaired) electrons. The van der Waals surface area contributed by atoms with Crippen LogP contribution in [0.15, 0.2) is 30.3 Å². The van der Waals surface area contributed by atoms with Crippen molar-refractivity contribution in [1.82, 2.24) is 14.8 Å². The van der Waals surface area contributed by atoms with Gasteiger partial charge in [0.1, 0.15) is 0 Å². The van der Waals surface area contributed by atoms with Gasteiger partial charge in [-0.15, -0.1) is 0 Å². The number of aromatic nitrogens is 3. The lowest BCUT2D eigenvalue weighted by Crippen LogP contribution is -2.21. The lowest BCUT2D eigenvalue weighted by atomic mass is 10.1. The van der Waals surface area contributed by atoms with E-state index in [1.165, 1.54) is 0 Å². The first-order valence-electron chi connectivity index (χ1n) is 12.1. The van der Waals surface area contributed by atoms with E-state index < -0.39 is 9.84 Å². The zero-order chi connectivity index (χ0) is 24.0. The highest BCUT2D eigenvalue weighted by Crippen LogP contribution is 2.41. The van der Waals surface area contributed by atoms with Crippen LogP contribution in [0, 0.1) is 6.92 Å². The first-order chi connectivity index (χ1) is 16.3. The highest BCUT2D eigenvalue weighted by molar-refractivity contribution is 7.91. The second kappa shape index (κ2) is 8.69. The summed E-state index contributed by atoms with van der Waals surface area (Å²) in [7, 11) is -3.07. The highest BCUT2D eigenvalue weighted by atomic mass is 32.2. The molecule has 1 N–H and O–H groups in total. The van der Waals surface area contributed by atoms with Gasteiger partial charge in [-0.2, -0.15) is 5.10 Å². The van der Waals surface area contributed by atoms with Crippen molar-refractivity contribution in [1.29, 1.82) is 0 Å². The topological polar surface area (TPSA) is 97.2 Å². The van der Waals surface area contributed by atoms with Crippen molar-refractivity contribution < 1.29 is 13.2 Å². The van der Waals surface area contributed by atoms with Crippen LogP contribution >= 0.6 is 0 Å². The van der Waals surface area contributed by atoms with Crippen molar-refractivity contribution in [3.8, 4) is 0 Å². The van der Waals surface area contributed by atoms with Crippen LogP contribution < -0.4 is 10.2 Å². The summed E-state index contributed by atoms with van der Waals surface area (Å²) in [5, 5.41) is 8.40. The Labute approximate surface area is 200 Å². The Balaban J connectivity index is 1.51. The second-order valence-electron chi connectivity index (χ2n) is 9.33. The number of sulfone groups is 1. The van der Waals surface area contributed by atoms with Crippen LogP contribution in [-0.4, -0.2) is 53.7 Å². The summed E-state index contributed by atoms with van der Waals surface area (Å²) in [5.41, 5.74) is 4.59. The molecule has 34 heavy (non-hydrogen) atoms. The van der Waals surface area contributed by atoms with E-state index in [1.807, 2.05) is 37.3 Å². The number of hydrogen-bond donors (Lipinski definition) is 1. The number of rotatable bonds is 7. The smallest absolute Gasteiger partial charge is 0.256 e. The van der Waals surface area contributed by atoms with Crippen LogP contribution in [0.25, 0.3) is 11.0 Å². The van der Waals surface area contributed by atoms with Crippen molar-refractivity contribution in [3.63, 3.8) is 0 Å². The third-order valence-electron chi connectivity index (χ3n) is 6.90. The molecule has 5 rings (SSSR count). The number of carbonyl (C=O) groups is 1. The van der Waals surface area contributed by atoms with E-state index in [0.29, 0.717) is 34.6 Å². The van der Waals surface area contributed by atoms with Gasteiger partial charge in [-0.05, 0) is 70.4 Å². The highest BCUT2D eigenvalue weighted by Gasteiger charge is 2.34. The van der Waals surface area contributed by atoms with Gasteiger partial charge < -0.3 is 10.2 Å². The minimum absolute atomic E-state index is 0.0684. The Morgan fingerprint density at radius 3 is 2.44 bits per heavy atom. The number of carbonyl (C=O) groups excluding carboxylic acids is 1. The Kier molecular flexibility index (Phi) is 5.83. The van der Waals surface area contributed by atoms with E-state index >= 15 is 0 Å². The summed E-state index contributed by atoms with van der Waals surface area (Å²) in [6.07, 6.45) is 2.63. The third-order valence-corrected chi connectivity index (χ3v) is 8.66. The summed E-state index contributed by atoms with van der Waals surface area (Å²) in [6, 6.07) is 9.53. The standard InChI is InChI=1S/C25H31N5O3S/c1-4-29(5-2)19-10-8-18(9-11-19)26-25(31)21-14-22(17-6-7-17)27-24-23(21)16(3)28-30(24)20-12-13-34(32,33)15-20/h8-11,14,17,20H,4-7,12-13,15H2,1-3H3,(H,26,31)/t20-/m0/s1. The molecule has 1 amide bonds. The Bertz CT molecular complexity index is 1340. The number of anilines is 2. The molecular formula is C25H31N5O3S. The minimum Gasteiger partial charge on any atom is -0.372 e. The summed E-state index contributed by atoms with van der Waals surface area (Å²) < 4.78 is 25.9. The Morgan fingerprint density at radius 1 is 1.15 bits per heavy atom. The first kappa shape index (κ1) is 22.8. The van der Waals surface area contributed by atoms with Crippen molar-refractivity contribution in [3.05, 3.63) is 47.3 Å². The molecule has 180 valence electrons. The molecule has 1 atom stereocenters. The van der Waals surface area contributed by atoms with Crippen molar-refractivity contribution >= 4 is 38.2 Å². The maximum atomic E-state index is 13.5. The number of nitrogens with zero attached hydrogens (tertiary/aromatic N) is 4. The van der Waals surface area contributed by atoms with Crippen LogP contribution in [0.3, 0.4) is 0 Å². The number of nitrogens with one attached hydrogen (secondary N) is 1. The van der Waals surface area contributed by atoms with Gasteiger partial charge in [0, 0.05) is 36.1 Å². The SMILES string of the molecule is CCN(CC)c1ccc(NC(=O)c2cc(C3CC3)nc3c2c(C)nn3[C@H]2CCS(=O)(=O)C2)cc1. The lowest BCUT2D eigenvalue weighted by molar-refractivity contribution is 0.102. The average Bonchev–Trinajstić information content (AvgIpc) is 3.53. The quantitative estimate of drug-likeness (QED) is 0.546. The van der Waals surface area contributed by atoms with E-state index in [4.69, 9.17) is 4.98 Å². The number of fused-ring (bicyclic) bond motifs is 1. The molecule has 0 bridgehead atoms. The fourth-order valence-electron chi connectivity index (χ4n) is 4.87. The van der Waals surface area contributed by atoms with E-state index in [-0.39, 0.29) is 23.5 Å². The molecule has 3 aromatic rings. The molecule has 3 heterocycles. The maximum Gasteiger partial charge on any atom is 0.256 e. The fourth-order valence-corrected chi connectivity index (χ4v) is 6.56. The van der Waals surface area contributed by atoms with Gasteiger partial charge in [0.05, 0.1) is 34.2 Å². The summed E-state index contributed by atoms with van der Waals surface area (Å²) in [6.45, 7) is 7.94. The summed E-state index contributed by atoms with van der Waals surface area (Å²) >= 11 is 0. The van der Waals surface area contributed by atoms with Gasteiger partial charge in [-0.1, -0.05) is 0 Å². The second-order valence-corrected chi connectivity index (χ2v) is 11.6. The van der Waals surface area contributed by atoms with Gasteiger partial charge in [-0.25, -0.2) is 18.1 Å². The molecule has 9 heteroatoms. The van der Waals surface area contributed by atoms with Gasteiger partial charge in [0.25, 0.3) is 5.91 Å². The molecule has 0 unspecified atom stereocenters. The van der Waals surface area contributed by atoms with Crippen LogP contribution in [0.5, 0.6) is 0 Å². The van der Waals surface area contributed by atoms with Crippen LogP contribution in [-0.2, 0) is 9.84 Å². The van der Waals surface area contributed by atoms with E-state index in [1.54, 1.807) is 4.68 Å². The number of hydrogen-bond acceptors (Lipinski definition) is 6. The van der Waals surface area contributed by atoms with Crippen molar-refractivity contribution in [2.75, 3.05) is 34.8 Å². The minimum atomic E-state index is -3.07. The molecule has 2 aromatic heterocycles. The molecule has 1 aliphatic carbocycles. The lowest BCUT2D eigenvalue weighted by Gasteiger charge is -2.21. The average molecular weight is 482 g/mol. The number of benzene rings is 1. The molecule has 0 spiro atoms. The normalized spacial score (nSPS) is 19.4. The molecule has 8 nitrogen and oxygen atoms in total. The predicted octanol–water partition coefficient (Wildman–Crippen LogP) is 4.08. The van der Waals surface area contributed by atoms with Gasteiger partial charge in [-0.3, -0.25) is 4.79 Å². The van der Waals surface area contributed by atoms with Crippen molar-refractivity contribution in [2.24, 2.45) is 0 Å². The maximum absolute atomic E-state index is 13.5. The molecule has 1 saturated carbocycles. The zero-order valence-corrected chi connectivity index (χ0v) is 20.7. The molecule has 1 aromatic carbocycles. The van der Waals surface area contributed by atoms with E-state index in [0.717, 1.165) is 43.0 Å².